The van der Waals surface area contributed by atoms with Crippen LogP contribution in [0, 0.1) is 0 Å². The molecule has 1 atom stereocenters. The summed E-state index contributed by atoms with van der Waals surface area (Å²) in [6.45, 7) is 1.56. The Hall–Kier alpha value is -1.08. The van der Waals surface area contributed by atoms with Crippen LogP contribution in [0.25, 0.3) is 0 Å². The summed E-state index contributed by atoms with van der Waals surface area (Å²) in [4.78, 5) is 0. The average molecular weight is 265 g/mol. The molecule has 0 aliphatic heterocycles. The molecular weight excluding hydrogens is 247 g/mol. The van der Waals surface area contributed by atoms with Gasteiger partial charge in [-0.1, -0.05) is 6.92 Å². The number of aromatic nitrogens is 2. The zero-order chi connectivity index (χ0) is 13.6. The maximum Gasteiger partial charge on any atom is 0.411 e. The lowest BCUT2D eigenvalue weighted by atomic mass is 10.2. The number of alkyl halides is 3. The standard InChI is InChI=1S/C11H18F3N3O/c1-3-4-17-6-9(5-16-17)10(15-2)7-18-8-11(12,13)14/h5-6,10,15H,3-4,7-8H2,1-2H3. The molecule has 7 heteroatoms. The molecule has 1 aromatic heterocycles. The summed E-state index contributed by atoms with van der Waals surface area (Å²) in [5.74, 6) is 0. The number of ether oxygens (including phenoxy) is 1. The van der Waals surface area contributed by atoms with Crippen molar-refractivity contribution in [3.8, 4) is 0 Å². The Bertz CT molecular complexity index is 352. The van der Waals surface area contributed by atoms with Crippen molar-refractivity contribution in [2.75, 3.05) is 20.3 Å². The molecule has 0 bridgehead atoms. The number of likely N-dealkylation sites (N-methyl/N-ethyl adjacent to an activating group) is 1. The molecule has 0 amide bonds. The van der Waals surface area contributed by atoms with Crippen LogP contribution in [0.15, 0.2) is 12.4 Å². The molecule has 1 aromatic rings. The van der Waals surface area contributed by atoms with E-state index in [0.717, 1.165) is 18.5 Å². The molecule has 4 nitrogen and oxygen atoms in total. The second kappa shape index (κ2) is 6.75. The first kappa shape index (κ1) is 15.0. The molecule has 18 heavy (non-hydrogen) atoms. The van der Waals surface area contributed by atoms with Gasteiger partial charge >= 0.3 is 6.18 Å². The van der Waals surface area contributed by atoms with Crippen molar-refractivity contribution in [2.45, 2.75) is 32.1 Å². The molecule has 0 aliphatic carbocycles. The van der Waals surface area contributed by atoms with Crippen LogP contribution in [-0.2, 0) is 11.3 Å². The molecule has 0 fully saturated rings. The fourth-order valence-electron chi connectivity index (χ4n) is 1.55. The molecule has 1 unspecified atom stereocenters. The summed E-state index contributed by atoms with van der Waals surface area (Å²) in [7, 11) is 1.68. The molecule has 0 spiro atoms. The molecule has 0 aliphatic rings. The topological polar surface area (TPSA) is 39.1 Å². The Morgan fingerprint density at radius 3 is 2.78 bits per heavy atom. The van der Waals surface area contributed by atoms with E-state index >= 15 is 0 Å². The van der Waals surface area contributed by atoms with Gasteiger partial charge in [-0.25, -0.2) is 0 Å². The fraction of sp³-hybridized carbons (Fsp3) is 0.727. The summed E-state index contributed by atoms with van der Waals surface area (Å²) < 4.78 is 42.3. The quantitative estimate of drug-likeness (QED) is 0.821. The maximum atomic E-state index is 12.0. The lowest BCUT2D eigenvalue weighted by Gasteiger charge is -2.15. The van der Waals surface area contributed by atoms with E-state index in [-0.39, 0.29) is 12.6 Å². The summed E-state index contributed by atoms with van der Waals surface area (Å²) in [5.41, 5.74) is 0.827. The normalized spacial score (nSPS) is 13.8. The number of aryl methyl sites for hydroxylation is 1. The van der Waals surface area contributed by atoms with Gasteiger partial charge in [0.05, 0.1) is 18.8 Å². The van der Waals surface area contributed by atoms with Crippen molar-refractivity contribution in [3.05, 3.63) is 18.0 Å². The highest BCUT2D eigenvalue weighted by atomic mass is 19.4. The van der Waals surface area contributed by atoms with Crippen molar-refractivity contribution in [2.24, 2.45) is 0 Å². The summed E-state index contributed by atoms with van der Waals surface area (Å²) in [6, 6.07) is -0.280. The van der Waals surface area contributed by atoms with Gasteiger partial charge in [-0.2, -0.15) is 18.3 Å². The van der Waals surface area contributed by atoms with Crippen molar-refractivity contribution in [1.82, 2.24) is 15.1 Å². The highest BCUT2D eigenvalue weighted by molar-refractivity contribution is 5.10. The van der Waals surface area contributed by atoms with Gasteiger partial charge < -0.3 is 10.1 Å². The number of nitrogens with one attached hydrogen (secondary N) is 1. The van der Waals surface area contributed by atoms with E-state index < -0.39 is 12.8 Å². The van der Waals surface area contributed by atoms with Gasteiger partial charge in [0.2, 0.25) is 0 Å². The van der Waals surface area contributed by atoms with E-state index in [1.54, 1.807) is 17.9 Å². The van der Waals surface area contributed by atoms with Crippen LogP contribution in [0.3, 0.4) is 0 Å². The van der Waals surface area contributed by atoms with E-state index in [1.165, 1.54) is 0 Å². The number of nitrogens with zero attached hydrogens (tertiary/aromatic N) is 2. The van der Waals surface area contributed by atoms with Gasteiger partial charge in [-0.3, -0.25) is 4.68 Å². The fourth-order valence-corrected chi connectivity index (χ4v) is 1.55. The number of hydrogen-bond acceptors (Lipinski definition) is 3. The first-order valence-electron chi connectivity index (χ1n) is 5.80. The van der Waals surface area contributed by atoms with E-state index in [2.05, 4.69) is 15.2 Å². The molecule has 0 saturated carbocycles. The lowest BCUT2D eigenvalue weighted by molar-refractivity contribution is -0.175. The Balaban J connectivity index is 2.49. The number of halogens is 3. The van der Waals surface area contributed by atoms with Crippen molar-refractivity contribution in [1.29, 1.82) is 0 Å². The molecule has 0 aromatic carbocycles. The highest BCUT2D eigenvalue weighted by Crippen LogP contribution is 2.17. The summed E-state index contributed by atoms with van der Waals surface area (Å²) >= 11 is 0. The van der Waals surface area contributed by atoms with E-state index in [9.17, 15) is 13.2 Å². The van der Waals surface area contributed by atoms with Crippen LogP contribution in [0.2, 0.25) is 0 Å². The third kappa shape index (κ3) is 5.05. The minimum atomic E-state index is -4.29. The van der Waals surface area contributed by atoms with Crippen LogP contribution in [0.5, 0.6) is 0 Å². The third-order valence-corrected chi connectivity index (χ3v) is 2.41. The third-order valence-electron chi connectivity index (χ3n) is 2.41. The Morgan fingerprint density at radius 2 is 2.22 bits per heavy atom. The van der Waals surface area contributed by atoms with E-state index in [1.807, 2.05) is 13.1 Å². The van der Waals surface area contributed by atoms with Crippen LogP contribution in [-0.4, -0.2) is 36.2 Å². The van der Waals surface area contributed by atoms with Gasteiger partial charge in [0.1, 0.15) is 6.61 Å². The minimum absolute atomic E-state index is 0.0339. The summed E-state index contributed by atoms with van der Waals surface area (Å²) in [6.07, 6.45) is 0.135. The number of hydrogen-bond donors (Lipinski definition) is 1. The zero-order valence-electron chi connectivity index (χ0n) is 10.5. The SMILES string of the molecule is CCCn1cc(C(COCC(F)(F)F)NC)cn1. The second-order valence-electron chi connectivity index (χ2n) is 4.01. The Labute approximate surface area is 104 Å². The molecule has 104 valence electrons. The van der Waals surface area contributed by atoms with Gasteiger partial charge in [-0.15, -0.1) is 0 Å². The highest BCUT2D eigenvalue weighted by Gasteiger charge is 2.28. The molecule has 1 rings (SSSR count). The zero-order valence-corrected chi connectivity index (χ0v) is 10.5. The molecule has 0 radical (unpaired) electrons. The molecule has 1 heterocycles. The van der Waals surface area contributed by atoms with Crippen molar-refractivity contribution < 1.29 is 17.9 Å². The molecule has 0 saturated heterocycles. The van der Waals surface area contributed by atoms with E-state index in [4.69, 9.17) is 0 Å². The predicted octanol–water partition coefficient (Wildman–Crippen LogP) is 2.13. The minimum Gasteiger partial charge on any atom is -0.370 e. The van der Waals surface area contributed by atoms with Crippen LogP contribution < -0.4 is 5.32 Å². The smallest absolute Gasteiger partial charge is 0.370 e. The van der Waals surface area contributed by atoms with Gasteiger partial charge in [0.25, 0.3) is 0 Å². The Kier molecular flexibility index (Phi) is 5.61. The summed E-state index contributed by atoms with van der Waals surface area (Å²) in [5, 5.41) is 7.04. The van der Waals surface area contributed by atoms with Crippen molar-refractivity contribution >= 4 is 0 Å². The van der Waals surface area contributed by atoms with Crippen LogP contribution in [0.1, 0.15) is 24.9 Å². The monoisotopic (exact) mass is 265 g/mol. The van der Waals surface area contributed by atoms with E-state index in [0.29, 0.717) is 0 Å². The first-order chi connectivity index (χ1) is 8.46. The Morgan fingerprint density at radius 1 is 1.50 bits per heavy atom. The number of rotatable bonds is 7. The molecular formula is C11H18F3N3O. The second-order valence-corrected chi connectivity index (χ2v) is 4.01. The largest absolute Gasteiger partial charge is 0.411 e. The molecule has 1 N–H and O–H groups in total. The predicted molar refractivity (Wildman–Crippen MR) is 61.2 cm³/mol. The van der Waals surface area contributed by atoms with Gasteiger partial charge in [0.15, 0.2) is 0 Å². The average Bonchev–Trinajstić information content (AvgIpc) is 2.72. The first-order valence-corrected chi connectivity index (χ1v) is 5.80. The van der Waals surface area contributed by atoms with Crippen molar-refractivity contribution in [3.63, 3.8) is 0 Å². The lowest BCUT2D eigenvalue weighted by Crippen LogP contribution is -2.25. The van der Waals surface area contributed by atoms with Gasteiger partial charge in [0, 0.05) is 18.3 Å². The van der Waals surface area contributed by atoms with Crippen LogP contribution >= 0.6 is 0 Å². The maximum absolute atomic E-state index is 12.0. The van der Waals surface area contributed by atoms with Gasteiger partial charge in [-0.05, 0) is 13.5 Å². The van der Waals surface area contributed by atoms with Crippen LogP contribution in [0.4, 0.5) is 13.2 Å².